The van der Waals surface area contributed by atoms with Crippen LogP contribution in [0, 0.1) is 0 Å². The Morgan fingerprint density at radius 1 is 0.755 bits per heavy atom. The minimum Gasteiger partial charge on any atom is -0.484 e. The first-order chi connectivity index (χ1) is 23.0. The highest BCUT2D eigenvalue weighted by Crippen LogP contribution is 2.30. The fourth-order valence-corrected chi connectivity index (χ4v) is 5.21. The SMILES string of the molecule is CC(C)(C)c1nnc(-c2ccccc2)s1.CC(C)(C)c1nnc(COc2ccc(Cl)cc2)o1.CC(C)(C)n1cc(-c2ccccc2)[nH]c1=O. The number of hydrogen-bond acceptors (Lipinski definition) is 8. The molecule has 0 amide bonds. The molecule has 0 fully saturated rings. The lowest BCUT2D eigenvalue weighted by atomic mass is 9.97. The van der Waals surface area contributed by atoms with Crippen LogP contribution in [0.4, 0.5) is 0 Å². The average Bonchev–Trinajstić information content (AvgIpc) is 3.82. The lowest BCUT2D eigenvalue weighted by Crippen LogP contribution is -2.31. The average molecular weight is 701 g/mol. The quantitative estimate of drug-likeness (QED) is 0.191. The van der Waals surface area contributed by atoms with Crippen LogP contribution in [0.2, 0.25) is 5.02 Å². The lowest BCUT2D eigenvalue weighted by molar-refractivity contribution is 0.251. The predicted octanol–water partition coefficient (Wildman–Crippen LogP) is 9.70. The van der Waals surface area contributed by atoms with Crippen LogP contribution in [0.3, 0.4) is 0 Å². The van der Waals surface area contributed by atoms with Crippen molar-refractivity contribution in [3.63, 3.8) is 0 Å². The Bertz CT molecular complexity index is 1940. The summed E-state index contributed by atoms with van der Waals surface area (Å²) in [6, 6.07) is 27.2. The minimum absolute atomic E-state index is 0.0636. The normalized spacial score (nSPS) is 11.6. The molecule has 0 atom stereocenters. The highest BCUT2D eigenvalue weighted by atomic mass is 35.5. The molecule has 0 saturated heterocycles. The molecule has 6 rings (SSSR count). The van der Waals surface area contributed by atoms with Gasteiger partial charge in [-0.3, -0.25) is 4.57 Å². The Kier molecular flexibility index (Phi) is 12.0. The molecule has 3 heterocycles. The van der Waals surface area contributed by atoms with Crippen LogP contribution in [0.25, 0.3) is 21.8 Å². The van der Waals surface area contributed by atoms with Crippen LogP contribution in [0.1, 0.15) is 79.1 Å². The summed E-state index contributed by atoms with van der Waals surface area (Å²) in [5, 5.41) is 19.2. The van der Waals surface area contributed by atoms with Gasteiger partial charge in [0, 0.05) is 33.2 Å². The third-order valence-corrected chi connectivity index (χ3v) is 8.55. The Balaban J connectivity index is 0.000000166. The summed E-state index contributed by atoms with van der Waals surface area (Å²) in [4.78, 5) is 14.6. The smallest absolute Gasteiger partial charge is 0.326 e. The standard InChI is InChI=1S/C13H15ClN2O2.C13H16N2O.C12H14N2S/c1-13(2,3)12-16-15-11(18-12)8-17-10-6-4-9(14)5-7-10;1-13(2,3)15-9-11(14-12(15)16)10-7-5-4-6-8-10;1-12(2,3)11-14-13-10(15-11)9-7-5-4-6-8-9/h4-7H,8H2,1-3H3;4-9H,1-3H3,(H,14,16);4-8H,1-3H3. The van der Waals surface area contributed by atoms with E-state index < -0.39 is 0 Å². The van der Waals surface area contributed by atoms with Crippen molar-refractivity contribution in [3.05, 3.63) is 123 Å². The number of rotatable bonds is 5. The van der Waals surface area contributed by atoms with E-state index in [0.717, 1.165) is 32.6 Å². The van der Waals surface area contributed by atoms with E-state index in [9.17, 15) is 4.79 Å². The van der Waals surface area contributed by atoms with Crippen LogP contribution in [-0.2, 0) is 23.0 Å². The van der Waals surface area contributed by atoms with Crippen molar-refractivity contribution < 1.29 is 9.15 Å². The highest BCUT2D eigenvalue weighted by Gasteiger charge is 2.22. The van der Waals surface area contributed by atoms with Crippen molar-refractivity contribution in [2.45, 2.75) is 85.3 Å². The summed E-state index contributed by atoms with van der Waals surface area (Å²) in [5.41, 5.74) is 2.72. The van der Waals surface area contributed by atoms with Crippen molar-refractivity contribution in [3.8, 4) is 27.6 Å². The first-order valence-electron chi connectivity index (χ1n) is 16.0. The largest absolute Gasteiger partial charge is 0.484 e. The number of nitrogens with zero attached hydrogens (tertiary/aromatic N) is 5. The van der Waals surface area contributed by atoms with Crippen LogP contribution >= 0.6 is 22.9 Å². The predicted molar refractivity (Wildman–Crippen MR) is 198 cm³/mol. The summed E-state index contributed by atoms with van der Waals surface area (Å²) in [6.07, 6.45) is 1.87. The van der Waals surface area contributed by atoms with Crippen LogP contribution in [0.15, 0.2) is 100 Å². The van der Waals surface area contributed by atoms with Gasteiger partial charge in [-0.25, -0.2) is 4.79 Å². The van der Waals surface area contributed by atoms with Gasteiger partial charge < -0.3 is 14.1 Å². The van der Waals surface area contributed by atoms with Crippen molar-refractivity contribution in [2.75, 3.05) is 0 Å². The van der Waals surface area contributed by atoms with E-state index in [1.54, 1.807) is 40.2 Å². The van der Waals surface area contributed by atoms with Crippen molar-refractivity contribution >= 4 is 22.9 Å². The summed E-state index contributed by atoms with van der Waals surface area (Å²) in [7, 11) is 0. The molecule has 6 aromatic rings. The summed E-state index contributed by atoms with van der Waals surface area (Å²) < 4.78 is 12.8. The highest BCUT2D eigenvalue weighted by molar-refractivity contribution is 7.14. The molecule has 0 aliphatic rings. The van der Waals surface area contributed by atoms with Gasteiger partial charge in [-0.1, -0.05) is 125 Å². The zero-order chi connectivity index (χ0) is 35.8. The number of imidazole rings is 1. The number of aromatic amines is 1. The molecule has 0 spiro atoms. The molecular weight excluding hydrogens is 656 g/mol. The maximum atomic E-state index is 11.8. The summed E-state index contributed by atoms with van der Waals surface area (Å²) in [5.74, 6) is 1.79. The molecule has 49 heavy (non-hydrogen) atoms. The molecule has 0 saturated carbocycles. The van der Waals surface area contributed by atoms with Gasteiger partial charge in [0.1, 0.15) is 15.8 Å². The Hall–Kier alpha value is -4.54. The van der Waals surface area contributed by atoms with Crippen molar-refractivity contribution in [2.24, 2.45) is 0 Å². The first-order valence-corrected chi connectivity index (χ1v) is 17.2. The van der Waals surface area contributed by atoms with E-state index in [-0.39, 0.29) is 28.7 Å². The second-order valence-electron chi connectivity index (χ2n) is 14.4. The third kappa shape index (κ3) is 11.0. The number of aromatic nitrogens is 6. The van der Waals surface area contributed by atoms with E-state index in [0.29, 0.717) is 16.8 Å². The molecule has 11 heteroatoms. The van der Waals surface area contributed by atoms with Gasteiger partial charge in [-0.05, 0) is 50.6 Å². The monoisotopic (exact) mass is 700 g/mol. The molecule has 3 aromatic carbocycles. The molecule has 0 radical (unpaired) electrons. The second-order valence-corrected chi connectivity index (χ2v) is 15.8. The van der Waals surface area contributed by atoms with Gasteiger partial charge in [0.15, 0.2) is 6.61 Å². The molecule has 1 N–H and O–H groups in total. The number of hydrogen-bond donors (Lipinski definition) is 1. The Morgan fingerprint density at radius 2 is 1.35 bits per heavy atom. The van der Waals surface area contributed by atoms with Gasteiger partial charge in [0.2, 0.25) is 5.89 Å². The summed E-state index contributed by atoms with van der Waals surface area (Å²) >= 11 is 7.46. The third-order valence-electron chi connectivity index (χ3n) is 6.90. The Morgan fingerprint density at radius 3 is 1.84 bits per heavy atom. The molecule has 0 unspecified atom stereocenters. The molecule has 0 aliphatic carbocycles. The van der Waals surface area contributed by atoms with Gasteiger partial charge in [-0.15, -0.1) is 20.4 Å². The number of halogens is 1. The van der Waals surface area contributed by atoms with Crippen molar-refractivity contribution in [1.29, 1.82) is 0 Å². The van der Waals surface area contributed by atoms with Crippen LogP contribution < -0.4 is 10.4 Å². The van der Waals surface area contributed by atoms with Gasteiger partial charge in [0.05, 0.1) is 5.69 Å². The fourth-order valence-electron chi connectivity index (χ4n) is 4.17. The molecule has 258 valence electrons. The molecule has 0 aliphatic heterocycles. The Labute approximate surface area is 297 Å². The minimum atomic E-state index is -0.194. The van der Waals surface area contributed by atoms with Gasteiger partial charge in [-0.2, -0.15) is 0 Å². The van der Waals surface area contributed by atoms with Crippen LogP contribution in [0.5, 0.6) is 5.75 Å². The molecule has 0 bridgehead atoms. The van der Waals surface area contributed by atoms with E-state index in [4.69, 9.17) is 20.8 Å². The summed E-state index contributed by atoms with van der Waals surface area (Å²) in [6.45, 7) is 18.8. The van der Waals surface area contributed by atoms with E-state index in [2.05, 4.69) is 58.3 Å². The molecule has 9 nitrogen and oxygen atoms in total. The topological polar surface area (TPSA) is 112 Å². The van der Waals surface area contributed by atoms with Gasteiger partial charge in [0.25, 0.3) is 5.89 Å². The fraction of sp³-hybridized carbons (Fsp3) is 0.342. The van der Waals surface area contributed by atoms with E-state index >= 15 is 0 Å². The van der Waals surface area contributed by atoms with Crippen molar-refractivity contribution in [1.82, 2.24) is 29.9 Å². The number of H-pyrrole nitrogens is 1. The zero-order valence-electron chi connectivity index (χ0n) is 29.6. The molecule has 3 aromatic heterocycles. The number of ether oxygens (including phenoxy) is 1. The maximum absolute atomic E-state index is 11.8. The van der Waals surface area contributed by atoms with E-state index in [1.165, 1.54) is 0 Å². The maximum Gasteiger partial charge on any atom is 0.326 e. The van der Waals surface area contributed by atoms with Gasteiger partial charge >= 0.3 is 5.69 Å². The second kappa shape index (κ2) is 15.8. The number of benzene rings is 3. The lowest BCUT2D eigenvalue weighted by Gasteiger charge is -2.18. The van der Waals surface area contributed by atoms with Crippen LogP contribution in [-0.4, -0.2) is 29.9 Å². The zero-order valence-corrected chi connectivity index (χ0v) is 31.2. The molecular formula is C38H45ClN6O3S. The first kappa shape index (κ1) is 37.3. The number of nitrogens with one attached hydrogen (secondary N) is 1. The van der Waals surface area contributed by atoms with E-state index in [1.807, 2.05) is 96.3 Å².